The lowest BCUT2D eigenvalue weighted by molar-refractivity contribution is -0.117. The quantitative estimate of drug-likeness (QED) is 0.860. The molecule has 0 saturated heterocycles. The van der Waals surface area contributed by atoms with E-state index in [-0.39, 0.29) is 5.91 Å². The number of rotatable bonds is 3. The monoisotopic (exact) mass is 220 g/mol. The Morgan fingerprint density at radius 2 is 2.33 bits per heavy atom. The Balaban J connectivity index is 2.27. The molecule has 0 unspecified atom stereocenters. The van der Waals surface area contributed by atoms with Crippen molar-refractivity contribution in [1.82, 2.24) is 4.98 Å². The standard InChI is InChI=1S/C11H12N2OS/c1-7-2-3-9-8(6-7)13-11(15-9)5-4-10(12)14/h2-3,6H,4-5H2,1H3,(H2,12,14). The van der Waals surface area contributed by atoms with Crippen molar-refractivity contribution < 1.29 is 4.79 Å². The topological polar surface area (TPSA) is 56.0 Å². The summed E-state index contributed by atoms with van der Waals surface area (Å²) in [6.45, 7) is 2.04. The molecule has 0 bridgehead atoms. The van der Waals surface area contributed by atoms with Gasteiger partial charge in [0.15, 0.2) is 0 Å². The molecule has 2 rings (SSSR count). The number of thiazole rings is 1. The lowest BCUT2D eigenvalue weighted by atomic mass is 10.2. The Bertz CT molecular complexity index is 504. The average Bonchev–Trinajstić information content (AvgIpc) is 2.56. The number of carbonyl (C=O) groups excluding carboxylic acids is 1. The van der Waals surface area contributed by atoms with Crippen LogP contribution in [0, 0.1) is 6.92 Å². The number of amides is 1. The highest BCUT2D eigenvalue weighted by Gasteiger charge is 2.05. The van der Waals surface area contributed by atoms with Crippen LogP contribution in [0.25, 0.3) is 10.2 Å². The molecule has 78 valence electrons. The van der Waals surface area contributed by atoms with Gasteiger partial charge in [0.1, 0.15) is 0 Å². The highest BCUT2D eigenvalue weighted by Crippen LogP contribution is 2.23. The van der Waals surface area contributed by atoms with Crippen molar-refractivity contribution in [3.63, 3.8) is 0 Å². The van der Waals surface area contributed by atoms with Gasteiger partial charge in [-0.2, -0.15) is 0 Å². The van der Waals surface area contributed by atoms with Gasteiger partial charge in [0.2, 0.25) is 5.91 Å². The highest BCUT2D eigenvalue weighted by atomic mass is 32.1. The molecule has 0 aliphatic heterocycles. The molecule has 0 fully saturated rings. The molecule has 2 aromatic rings. The minimum Gasteiger partial charge on any atom is -0.370 e. The van der Waals surface area contributed by atoms with Crippen LogP contribution < -0.4 is 5.73 Å². The summed E-state index contributed by atoms with van der Waals surface area (Å²) in [6.07, 6.45) is 1.02. The zero-order valence-electron chi connectivity index (χ0n) is 8.49. The Kier molecular flexibility index (Phi) is 2.68. The number of aromatic nitrogens is 1. The van der Waals surface area contributed by atoms with E-state index in [1.54, 1.807) is 11.3 Å². The molecule has 1 amide bonds. The molecule has 0 radical (unpaired) electrons. The fraction of sp³-hybridized carbons (Fsp3) is 0.273. The second kappa shape index (κ2) is 3.98. The van der Waals surface area contributed by atoms with Crippen molar-refractivity contribution in [3.05, 3.63) is 28.8 Å². The van der Waals surface area contributed by atoms with Crippen molar-refractivity contribution in [2.24, 2.45) is 5.73 Å². The van der Waals surface area contributed by atoms with Crippen molar-refractivity contribution in [2.75, 3.05) is 0 Å². The van der Waals surface area contributed by atoms with Crippen LogP contribution in [0.2, 0.25) is 0 Å². The summed E-state index contributed by atoms with van der Waals surface area (Å²) in [5.74, 6) is -0.273. The van der Waals surface area contributed by atoms with Crippen LogP contribution >= 0.6 is 11.3 Å². The summed E-state index contributed by atoms with van der Waals surface area (Å²) >= 11 is 1.63. The van der Waals surface area contributed by atoms with Crippen molar-refractivity contribution >= 4 is 27.5 Å². The van der Waals surface area contributed by atoms with Crippen molar-refractivity contribution in [2.45, 2.75) is 19.8 Å². The van der Waals surface area contributed by atoms with E-state index < -0.39 is 0 Å². The van der Waals surface area contributed by atoms with E-state index in [4.69, 9.17) is 5.73 Å². The molecule has 0 aliphatic rings. The van der Waals surface area contributed by atoms with Gasteiger partial charge in [-0.25, -0.2) is 4.98 Å². The van der Waals surface area contributed by atoms with Crippen LogP contribution in [0.1, 0.15) is 17.0 Å². The summed E-state index contributed by atoms with van der Waals surface area (Å²) in [5, 5.41) is 0.981. The van der Waals surface area contributed by atoms with Crippen molar-refractivity contribution in [3.8, 4) is 0 Å². The highest BCUT2D eigenvalue weighted by molar-refractivity contribution is 7.18. The van der Waals surface area contributed by atoms with E-state index in [9.17, 15) is 4.79 Å². The van der Waals surface area contributed by atoms with Gasteiger partial charge in [-0.1, -0.05) is 6.07 Å². The molecule has 0 atom stereocenters. The summed E-state index contributed by atoms with van der Waals surface area (Å²) in [4.78, 5) is 15.1. The largest absolute Gasteiger partial charge is 0.370 e. The Hall–Kier alpha value is -1.42. The third-order valence-electron chi connectivity index (χ3n) is 2.17. The first-order chi connectivity index (χ1) is 7.15. The smallest absolute Gasteiger partial charge is 0.217 e. The first-order valence-corrected chi connectivity index (χ1v) is 5.61. The van der Waals surface area contributed by atoms with Crippen LogP contribution in [0.5, 0.6) is 0 Å². The first kappa shape index (κ1) is 10.1. The zero-order chi connectivity index (χ0) is 10.8. The number of benzene rings is 1. The SMILES string of the molecule is Cc1ccc2sc(CCC(N)=O)nc2c1. The van der Waals surface area contributed by atoms with E-state index in [1.165, 1.54) is 10.3 Å². The zero-order valence-corrected chi connectivity index (χ0v) is 9.30. The van der Waals surface area contributed by atoms with E-state index in [1.807, 2.05) is 6.92 Å². The molecule has 0 saturated carbocycles. The molecule has 1 aromatic heterocycles. The lowest BCUT2D eigenvalue weighted by Crippen LogP contribution is -2.10. The van der Waals surface area contributed by atoms with Gasteiger partial charge in [0.05, 0.1) is 15.2 Å². The van der Waals surface area contributed by atoms with Crippen LogP contribution in [0.4, 0.5) is 0 Å². The molecule has 3 nitrogen and oxygen atoms in total. The number of fused-ring (bicyclic) bond motifs is 1. The predicted octanol–water partition coefficient (Wildman–Crippen LogP) is 2.02. The van der Waals surface area contributed by atoms with Crippen molar-refractivity contribution in [1.29, 1.82) is 0 Å². The van der Waals surface area contributed by atoms with Gasteiger partial charge in [-0.15, -0.1) is 11.3 Å². The third-order valence-corrected chi connectivity index (χ3v) is 3.27. The van der Waals surface area contributed by atoms with E-state index >= 15 is 0 Å². The summed E-state index contributed by atoms with van der Waals surface area (Å²) in [5.41, 5.74) is 7.31. The normalized spacial score (nSPS) is 10.7. The summed E-state index contributed by atoms with van der Waals surface area (Å²) in [7, 11) is 0. The van der Waals surface area contributed by atoms with Crippen LogP contribution in [-0.2, 0) is 11.2 Å². The average molecular weight is 220 g/mol. The minimum absolute atomic E-state index is 0.273. The number of aryl methyl sites for hydroxylation is 2. The third kappa shape index (κ3) is 2.33. The maximum absolute atomic E-state index is 10.6. The molecule has 15 heavy (non-hydrogen) atoms. The molecule has 0 aliphatic carbocycles. The minimum atomic E-state index is -0.273. The summed E-state index contributed by atoms with van der Waals surface area (Å²) in [6, 6.07) is 6.19. The number of primary amides is 1. The Labute approximate surface area is 91.9 Å². The number of hydrogen-bond acceptors (Lipinski definition) is 3. The molecule has 1 heterocycles. The van der Waals surface area contributed by atoms with Crippen LogP contribution in [0.3, 0.4) is 0 Å². The van der Waals surface area contributed by atoms with Gasteiger partial charge in [-0.05, 0) is 24.6 Å². The van der Waals surface area contributed by atoms with Crippen LogP contribution in [-0.4, -0.2) is 10.9 Å². The van der Waals surface area contributed by atoms with Gasteiger partial charge < -0.3 is 5.73 Å². The molecular formula is C11H12N2OS. The molecular weight excluding hydrogens is 208 g/mol. The second-order valence-electron chi connectivity index (χ2n) is 3.55. The van der Waals surface area contributed by atoms with Gasteiger partial charge >= 0.3 is 0 Å². The van der Waals surface area contributed by atoms with E-state index in [2.05, 4.69) is 23.2 Å². The number of carbonyl (C=O) groups is 1. The maximum Gasteiger partial charge on any atom is 0.217 e. The number of hydrogen-bond donors (Lipinski definition) is 1. The fourth-order valence-electron chi connectivity index (χ4n) is 1.42. The molecule has 1 aromatic carbocycles. The van der Waals surface area contributed by atoms with Gasteiger partial charge in [-0.3, -0.25) is 4.79 Å². The second-order valence-corrected chi connectivity index (χ2v) is 4.66. The maximum atomic E-state index is 10.6. The Morgan fingerprint density at radius 3 is 3.07 bits per heavy atom. The predicted molar refractivity (Wildman–Crippen MR) is 61.9 cm³/mol. The molecule has 2 N–H and O–H groups in total. The lowest BCUT2D eigenvalue weighted by Gasteiger charge is -1.90. The van der Waals surface area contributed by atoms with E-state index in [0.717, 1.165) is 10.5 Å². The number of nitrogens with zero attached hydrogens (tertiary/aromatic N) is 1. The van der Waals surface area contributed by atoms with E-state index in [0.29, 0.717) is 12.8 Å². The first-order valence-electron chi connectivity index (χ1n) is 4.79. The molecule has 4 heteroatoms. The van der Waals surface area contributed by atoms with Crippen LogP contribution in [0.15, 0.2) is 18.2 Å². The summed E-state index contributed by atoms with van der Waals surface area (Å²) < 4.78 is 1.17. The molecule has 0 spiro atoms. The van der Waals surface area contributed by atoms with Gasteiger partial charge in [0.25, 0.3) is 0 Å². The fourth-order valence-corrected chi connectivity index (χ4v) is 2.37. The Morgan fingerprint density at radius 1 is 1.53 bits per heavy atom. The van der Waals surface area contributed by atoms with Gasteiger partial charge in [0, 0.05) is 12.8 Å². The number of nitrogens with two attached hydrogens (primary N) is 1.